The summed E-state index contributed by atoms with van der Waals surface area (Å²) in [7, 11) is 0. The summed E-state index contributed by atoms with van der Waals surface area (Å²) in [6.07, 6.45) is 1.53. The number of carbonyl (C=O) groups is 1. The molecule has 1 unspecified atom stereocenters. The fourth-order valence-corrected chi connectivity index (χ4v) is 1.93. The molecule has 1 amide bonds. The summed E-state index contributed by atoms with van der Waals surface area (Å²) in [5, 5.41) is 3.28. The van der Waals surface area contributed by atoms with Gasteiger partial charge < -0.3 is 16.0 Å². The average Bonchev–Trinajstić information content (AvgIpc) is 2.23. The van der Waals surface area contributed by atoms with Crippen LogP contribution in [0, 0.1) is 0 Å². The van der Waals surface area contributed by atoms with E-state index in [0.717, 1.165) is 0 Å². The minimum Gasteiger partial charge on any atom is -0.396 e. The summed E-state index contributed by atoms with van der Waals surface area (Å²) in [5.41, 5.74) is 6.33. The molecule has 1 aliphatic heterocycles. The first-order chi connectivity index (χ1) is 7.59. The van der Waals surface area contributed by atoms with Crippen molar-refractivity contribution >= 4 is 29.0 Å². The van der Waals surface area contributed by atoms with Crippen molar-refractivity contribution in [3.8, 4) is 0 Å². The summed E-state index contributed by atoms with van der Waals surface area (Å²) in [6.45, 7) is 3.13. The molecular weight excluding hydrogens is 228 g/mol. The van der Waals surface area contributed by atoms with Gasteiger partial charge in [-0.1, -0.05) is 11.6 Å². The van der Waals surface area contributed by atoms with Crippen LogP contribution in [0.25, 0.3) is 0 Å². The molecule has 3 N–H and O–H groups in total. The van der Waals surface area contributed by atoms with Crippen LogP contribution in [-0.2, 0) is 4.79 Å². The standard InChI is InChI=1S/C10H13ClN4O/c1-6-10(16)13-2-3-15(6)9-8(12)4-7(11)5-14-9/h4-6H,2-3,12H2,1H3,(H,13,16). The Morgan fingerprint density at radius 1 is 1.69 bits per heavy atom. The van der Waals surface area contributed by atoms with Gasteiger partial charge in [0.15, 0.2) is 5.82 Å². The zero-order valence-electron chi connectivity index (χ0n) is 8.90. The van der Waals surface area contributed by atoms with E-state index in [-0.39, 0.29) is 11.9 Å². The summed E-state index contributed by atoms with van der Waals surface area (Å²) in [6, 6.07) is 1.38. The highest BCUT2D eigenvalue weighted by Crippen LogP contribution is 2.25. The first kappa shape index (κ1) is 11.0. The van der Waals surface area contributed by atoms with E-state index < -0.39 is 0 Å². The second-order valence-electron chi connectivity index (χ2n) is 3.73. The Hall–Kier alpha value is -1.49. The summed E-state index contributed by atoms with van der Waals surface area (Å²) in [5.74, 6) is 0.606. The number of hydrogen-bond donors (Lipinski definition) is 2. The monoisotopic (exact) mass is 240 g/mol. The molecule has 1 atom stereocenters. The quantitative estimate of drug-likeness (QED) is 0.756. The van der Waals surface area contributed by atoms with Crippen molar-refractivity contribution in [1.82, 2.24) is 10.3 Å². The highest BCUT2D eigenvalue weighted by atomic mass is 35.5. The molecule has 1 aromatic rings. The Kier molecular flexibility index (Phi) is 2.87. The number of aromatic nitrogens is 1. The van der Waals surface area contributed by atoms with Crippen LogP contribution in [0.5, 0.6) is 0 Å². The van der Waals surface area contributed by atoms with Gasteiger partial charge in [0.1, 0.15) is 6.04 Å². The van der Waals surface area contributed by atoms with Gasteiger partial charge in [-0.15, -0.1) is 0 Å². The van der Waals surface area contributed by atoms with Crippen LogP contribution >= 0.6 is 11.6 Å². The number of rotatable bonds is 1. The Bertz CT molecular complexity index is 423. The molecule has 6 heteroatoms. The van der Waals surface area contributed by atoms with Gasteiger partial charge in [-0.3, -0.25) is 4.79 Å². The van der Waals surface area contributed by atoms with Crippen LogP contribution in [0.4, 0.5) is 11.5 Å². The third kappa shape index (κ3) is 1.90. The summed E-state index contributed by atoms with van der Waals surface area (Å²) < 4.78 is 0. The molecule has 5 nitrogen and oxygen atoms in total. The second-order valence-corrected chi connectivity index (χ2v) is 4.16. The number of anilines is 2. The second kappa shape index (κ2) is 4.17. The number of nitrogens with zero attached hydrogens (tertiary/aromatic N) is 2. The predicted octanol–water partition coefficient (Wildman–Crippen LogP) is 0.642. The lowest BCUT2D eigenvalue weighted by Gasteiger charge is -2.34. The normalized spacial score (nSPS) is 20.8. The number of halogens is 1. The third-order valence-corrected chi connectivity index (χ3v) is 2.84. The number of carbonyl (C=O) groups excluding carboxylic acids is 1. The van der Waals surface area contributed by atoms with Gasteiger partial charge in [-0.05, 0) is 13.0 Å². The van der Waals surface area contributed by atoms with E-state index in [1.54, 1.807) is 6.07 Å². The smallest absolute Gasteiger partial charge is 0.242 e. The molecular formula is C10H13ClN4O. The van der Waals surface area contributed by atoms with Gasteiger partial charge in [0.25, 0.3) is 0 Å². The molecule has 1 aliphatic rings. The number of hydrogen-bond acceptors (Lipinski definition) is 4. The Balaban J connectivity index is 2.32. The highest BCUT2D eigenvalue weighted by molar-refractivity contribution is 6.30. The van der Waals surface area contributed by atoms with Crippen molar-refractivity contribution in [3.63, 3.8) is 0 Å². The van der Waals surface area contributed by atoms with E-state index in [2.05, 4.69) is 10.3 Å². The van der Waals surface area contributed by atoms with Gasteiger partial charge in [-0.25, -0.2) is 4.98 Å². The van der Waals surface area contributed by atoms with Crippen molar-refractivity contribution in [2.75, 3.05) is 23.7 Å². The molecule has 0 aromatic carbocycles. The minimum absolute atomic E-state index is 0.0117. The van der Waals surface area contributed by atoms with Gasteiger partial charge in [0.2, 0.25) is 5.91 Å². The van der Waals surface area contributed by atoms with Crippen molar-refractivity contribution in [1.29, 1.82) is 0 Å². The maximum absolute atomic E-state index is 11.5. The molecule has 1 fully saturated rings. The summed E-state index contributed by atoms with van der Waals surface area (Å²) >= 11 is 5.78. The van der Waals surface area contributed by atoms with Crippen LogP contribution in [0.3, 0.4) is 0 Å². The number of piperazine rings is 1. The lowest BCUT2D eigenvalue weighted by Crippen LogP contribution is -2.54. The molecule has 1 saturated heterocycles. The van der Waals surface area contributed by atoms with Crippen molar-refractivity contribution in [3.05, 3.63) is 17.3 Å². The van der Waals surface area contributed by atoms with E-state index >= 15 is 0 Å². The molecule has 0 radical (unpaired) electrons. The molecule has 16 heavy (non-hydrogen) atoms. The number of amides is 1. The molecule has 2 heterocycles. The van der Waals surface area contributed by atoms with E-state index in [1.165, 1.54) is 6.20 Å². The zero-order valence-corrected chi connectivity index (χ0v) is 9.66. The molecule has 0 bridgehead atoms. The maximum atomic E-state index is 11.5. The molecule has 2 rings (SSSR count). The van der Waals surface area contributed by atoms with Crippen molar-refractivity contribution in [2.45, 2.75) is 13.0 Å². The number of pyridine rings is 1. The average molecular weight is 241 g/mol. The predicted molar refractivity (Wildman–Crippen MR) is 63.5 cm³/mol. The Morgan fingerprint density at radius 3 is 3.12 bits per heavy atom. The molecule has 0 spiro atoms. The minimum atomic E-state index is -0.260. The lowest BCUT2D eigenvalue weighted by molar-refractivity contribution is -0.122. The van der Waals surface area contributed by atoms with Crippen LogP contribution in [0.1, 0.15) is 6.92 Å². The SMILES string of the molecule is CC1C(=O)NCCN1c1ncc(Cl)cc1N. The van der Waals surface area contributed by atoms with E-state index in [9.17, 15) is 4.79 Å². The number of nitrogens with one attached hydrogen (secondary N) is 1. The highest BCUT2D eigenvalue weighted by Gasteiger charge is 2.27. The van der Waals surface area contributed by atoms with Crippen LogP contribution in [0.2, 0.25) is 5.02 Å². The lowest BCUT2D eigenvalue weighted by atomic mass is 10.2. The Morgan fingerprint density at radius 2 is 2.44 bits per heavy atom. The Labute approximate surface area is 98.6 Å². The van der Waals surface area contributed by atoms with Crippen molar-refractivity contribution in [2.24, 2.45) is 0 Å². The van der Waals surface area contributed by atoms with Gasteiger partial charge >= 0.3 is 0 Å². The maximum Gasteiger partial charge on any atom is 0.242 e. The fourth-order valence-electron chi connectivity index (χ4n) is 1.76. The van der Waals surface area contributed by atoms with E-state index in [4.69, 9.17) is 17.3 Å². The zero-order chi connectivity index (χ0) is 11.7. The largest absolute Gasteiger partial charge is 0.396 e. The van der Waals surface area contributed by atoms with Crippen LogP contribution < -0.4 is 16.0 Å². The molecule has 0 saturated carbocycles. The van der Waals surface area contributed by atoms with Crippen LogP contribution in [0.15, 0.2) is 12.3 Å². The number of nitrogens with two attached hydrogens (primary N) is 1. The first-order valence-electron chi connectivity index (χ1n) is 5.05. The van der Waals surface area contributed by atoms with E-state index in [1.807, 2.05) is 11.8 Å². The van der Waals surface area contributed by atoms with Crippen LogP contribution in [-0.4, -0.2) is 30.0 Å². The number of nitrogen functional groups attached to an aromatic ring is 1. The van der Waals surface area contributed by atoms with Gasteiger partial charge in [-0.2, -0.15) is 0 Å². The summed E-state index contributed by atoms with van der Waals surface area (Å²) in [4.78, 5) is 17.6. The molecule has 0 aliphatic carbocycles. The van der Waals surface area contributed by atoms with E-state index in [0.29, 0.717) is 29.6 Å². The first-order valence-corrected chi connectivity index (χ1v) is 5.43. The fraction of sp³-hybridized carbons (Fsp3) is 0.400. The van der Waals surface area contributed by atoms with Gasteiger partial charge in [0, 0.05) is 19.3 Å². The topological polar surface area (TPSA) is 71.2 Å². The molecule has 86 valence electrons. The van der Waals surface area contributed by atoms with Gasteiger partial charge in [0.05, 0.1) is 10.7 Å². The molecule has 1 aromatic heterocycles. The third-order valence-electron chi connectivity index (χ3n) is 2.63. The van der Waals surface area contributed by atoms with Crippen molar-refractivity contribution < 1.29 is 4.79 Å².